The van der Waals surface area contributed by atoms with Gasteiger partial charge in [0.05, 0.1) is 16.8 Å². The van der Waals surface area contributed by atoms with Gasteiger partial charge >= 0.3 is 0 Å². The molecule has 0 aliphatic carbocycles. The van der Waals surface area contributed by atoms with Crippen molar-refractivity contribution in [3.8, 4) is 28.2 Å². The standard InChI is InChI=1S/C23H15ClN4/c24-23-21-19(20(25-26-23)16-10-4-1-5-11-16)22(17-12-6-2-7-13-17)28(27-21)18-14-8-3-9-15-18/h1-15H. The number of benzene rings is 3. The van der Waals surface area contributed by atoms with Gasteiger partial charge < -0.3 is 0 Å². The van der Waals surface area contributed by atoms with Crippen LogP contribution in [0.3, 0.4) is 0 Å². The Morgan fingerprint density at radius 2 is 1.21 bits per heavy atom. The fourth-order valence-corrected chi connectivity index (χ4v) is 3.56. The van der Waals surface area contributed by atoms with Crippen molar-refractivity contribution in [1.82, 2.24) is 20.0 Å². The SMILES string of the molecule is Clc1nnc(-c2ccccc2)c2c(-c3ccccc3)n(-c3ccccc3)nc12. The van der Waals surface area contributed by atoms with E-state index in [9.17, 15) is 0 Å². The van der Waals surface area contributed by atoms with Crippen molar-refractivity contribution in [2.24, 2.45) is 0 Å². The Morgan fingerprint density at radius 3 is 1.86 bits per heavy atom. The molecular weight excluding hydrogens is 368 g/mol. The maximum absolute atomic E-state index is 6.43. The van der Waals surface area contributed by atoms with Gasteiger partial charge in [-0.25, -0.2) is 4.68 Å². The van der Waals surface area contributed by atoms with Crippen LogP contribution in [0.2, 0.25) is 5.15 Å². The number of rotatable bonds is 3. The Labute approximate surface area is 167 Å². The zero-order valence-electron chi connectivity index (χ0n) is 14.8. The minimum absolute atomic E-state index is 0.293. The Morgan fingerprint density at radius 1 is 0.643 bits per heavy atom. The first-order valence-electron chi connectivity index (χ1n) is 8.94. The second-order valence-corrected chi connectivity index (χ2v) is 6.75. The summed E-state index contributed by atoms with van der Waals surface area (Å²) < 4.78 is 1.92. The van der Waals surface area contributed by atoms with Crippen molar-refractivity contribution in [2.75, 3.05) is 0 Å². The number of aromatic nitrogens is 4. The predicted molar refractivity (Wildman–Crippen MR) is 113 cm³/mol. The minimum atomic E-state index is 0.293. The summed E-state index contributed by atoms with van der Waals surface area (Å²) in [6.07, 6.45) is 0. The van der Waals surface area contributed by atoms with Crippen LogP contribution in [0, 0.1) is 0 Å². The Bertz CT molecular complexity index is 1250. The predicted octanol–water partition coefficient (Wildman–Crippen LogP) is 5.80. The molecule has 3 aromatic carbocycles. The number of halogens is 1. The van der Waals surface area contributed by atoms with Gasteiger partial charge in [-0.15, -0.1) is 10.2 Å². The van der Waals surface area contributed by atoms with Gasteiger partial charge in [-0.3, -0.25) is 0 Å². The highest BCUT2D eigenvalue weighted by Gasteiger charge is 2.22. The largest absolute Gasteiger partial charge is 0.232 e. The van der Waals surface area contributed by atoms with Gasteiger partial charge in [0.15, 0.2) is 5.15 Å². The third-order valence-corrected chi connectivity index (χ3v) is 4.91. The summed E-state index contributed by atoms with van der Waals surface area (Å²) in [5.41, 5.74) is 5.31. The monoisotopic (exact) mass is 382 g/mol. The fourth-order valence-electron chi connectivity index (χ4n) is 3.39. The van der Waals surface area contributed by atoms with E-state index in [0.717, 1.165) is 33.6 Å². The first-order chi connectivity index (χ1) is 13.8. The van der Waals surface area contributed by atoms with Crippen LogP contribution in [-0.4, -0.2) is 20.0 Å². The van der Waals surface area contributed by atoms with E-state index in [1.165, 1.54) is 0 Å². The second-order valence-electron chi connectivity index (χ2n) is 6.39. The molecular formula is C23H15ClN4. The molecule has 0 fully saturated rings. The van der Waals surface area contributed by atoms with Crippen molar-refractivity contribution >= 4 is 22.5 Å². The van der Waals surface area contributed by atoms with Crippen molar-refractivity contribution in [2.45, 2.75) is 0 Å². The molecule has 0 saturated heterocycles. The molecule has 0 spiro atoms. The molecule has 0 bridgehead atoms. The van der Waals surface area contributed by atoms with E-state index in [4.69, 9.17) is 16.7 Å². The molecule has 2 aromatic heterocycles. The van der Waals surface area contributed by atoms with Crippen molar-refractivity contribution in [3.05, 3.63) is 96.1 Å². The van der Waals surface area contributed by atoms with Crippen molar-refractivity contribution in [3.63, 3.8) is 0 Å². The normalized spacial score (nSPS) is 11.0. The Kier molecular flexibility index (Phi) is 4.11. The molecule has 0 N–H and O–H groups in total. The molecule has 0 atom stereocenters. The number of hydrogen-bond acceptors (Lipinski definition) is 3. The van der Waals surface area contributed by atoms with E-state index < -0.39 is 0 Å². The van der Waals surface area contributed by atoms with Gasteiger partial charge in [0.1, 0.15) is 11.2 Å². The summed E-state index contributed by atoms with van der Waals surface area (Å²) >= 11 is 6.43. The highest BCUT2D eigenvalue weighted by atomic mass is 35.5. The average molecular weight is 383 g/mol. The van der Waals surface area contributed by atoms with Gasteiger partial charge in [-0.05, 0) is 12.1 Å². The van der Waals surface area contributed by atoms with E-state index in [1.807, 2.05) is 83.5 Å². The van der Waals surface area contributed by atoms with Crippen LogP contribution in [0.1, 0.15) is 0 Å². The summed E-state index contributed by atoms with van der Waals surface area (Å²) in [5.74, 6) is 0. The van der Waals surface area contributed by atoms with Crippen molar-refractivity contribution < 1.29 is 0 Å². The minimum Gasteiger partial charge on any atom is -0.232 e. The maximum Gasteiger partial charge on any atom is 0.179 e. The molecule has 28 heavy (non-hydrogen) atoms. The van der Waals surface area contributed by atoms with Crippen LogP contribution in [0.25, 0.3) is 39.1 Å². The number of fused-ring (bicyclic) bond motifs is 1. The number of para-hydroxylation sites is 1. The second kappa shape index (κ2) is 6.91. The maximum atomic E-state index is 6.43. The zero-order valence-corrected chi connectivity index (χ0v) is 15.6. The lowest BCUT2D eigenvalue weighted by atomic mass is 10.0. The van der Waals surface area contributed by atoms with E-state index in [1.54, 1.807) is 0 Å². The molecule has 0 radical (unpaired) electrons. The lowest BCUT2D eigenvalue weighted by molar-refractivity contribution is 0.902. The summed E-state index contributed by atoms with van der Waals surface area (Å²) in [6, 6.07) is 30.2. The molecule has 4 nitrogen and oxygen atoms in total. The highest BCUT2D eigenvalue weighted by Crippen LogP contribution is 2.38. The van der Waals surface area contributed by atoms with Crippen LogP contribution in [0.15, 0.2) is 91.0 Å². The lowest BCUT2D eigenvalue weighted by Crippen LogP contribution is -1.98. The molecule has 5 heteroatoms. The third-order valence-electron chi connectivity index (χ3n) is 4.65. The molecule has 0 amide bonds. The molecule has 0 aliphatic rings. The van der Waals surface area contributed by atoms with E-state index in [2.05, 4.69) is 22.3 Å². The van der Waals surface area contributed by atoms with Crippen LogP contribution in [0.5, 0.6) is 0 Å². The van der Waals surface area contributed by atoms with Gasteiger partial charge in [-0.1, -0.05) is 90.5 Å². The summed E-state index contributed by atoms with van der Waals surface area (Å²) in [4.78, 5) is 0. The van der Waals surface area contributed by atoms with E-state index in [0.29, 0.717) is 10.7 Å². The molecule has 0 saturated carbocycles. The van der Waals surface area contributed by atoms with Crippen LogP contribution in [0.4, 0.5) is 0 Å². The third kappa shape index (κ3) is 2.75. The molecule has 0 unspecified atom stereocenters. The number of hydrogen-bond donors (Lipinski definition) is 0. The Balaban J connectivity index is 1.93. The molecule has 2 heterocycles. The smallest absolute Gasteiger partial charge is 0.179 e. The van der Waals surface area contributed by atoms with Crippen molar-refractivity contribution in [1.29, 1.82) is 0 Å². The topological polar surface area (TPSA) is 43.6 Å². The lowest BCUT2D eigenvalue weighted by Gasteiger charge is -2.09. The summed E-state index contributed by atoms with van der Waals surface area (Å²) in [5, 5.41) is 14.6. The van der Waals surface area contributed by atoms with Crippen LogP contribution >= 0.6 is 11.6 Å². The molecule has 5 aromatic rings. The van der Waals surface area contributed by atoms with Crippen LogP contribution in [-0.2, 0) is 0 Å². The van der Waals surface area contributed by atoms with Gasteiger partial charge in [0.25, 0.3) is 0 Å². The van der Waals surface area contributed by atoms with Crippen LogP contribution < -0.4 is 0 Å². The molecule has 0 aliphatic heterocycles. The quantitative estimate of drug-likeness (QED) is 0.396. The van der Waals surface area contributed by atoms with Gasteiger partial charge in [0, 0.05) is 11.1 Å². The first kappa shape index (κ1) is 16.7. The summed E-state index contributed by atoms with van der Waals surface area (Å²) in [6.45, 7) is 0. The Hall–Kier alpha value is -3.50. The highest BCUT2D eigenvalue weighted by molar-refractivity contribution is 6.34. The van der Waals surface area contributed by atoms with E-state index >= 15 is 0 Å². The first-order valence-corrected chi connectivity index (χ1v) is 9.32. The molecule has 5 rings (SSSR count). The fraction of sp³-hybridized carbons (Fsp3) is 0. The number of nitrogens with zero attached hydrogens (tertiary/aromatic N) is 4. The summed E-state index contributed by atoms with van der Waals surface area (Å²) in [7, 11) is 0. The van der Waals surface area contributed by atoms with E-state index in [-0.39, 0.29) is 0 Å². The average Bonchev–Trinajstić information content (AvgIpc) is 3.17. The molecule has 134 valence electrons. The van der Waals surface area contributed by atoms with Gasteiger partial charge in [-0.2, -0.15) is 5.10 Å². The zero-order chi connectivity index (χ0) is 18.9. The van der Waals surface area contributed by atoms with Gasteiger partial charge in [0.2, 0.25) is 0 Å².